The molecule has 0 bridgehead atoms. The zero-order chi connectivity index (χ0) is 19.4. The zero-order valence-electron chi connectivity index (χ0n) is 15.8. The van der Waals surface area contributed by atoms with Gasteiger partial charge in [-0.1, -0.05) is 19.1 Å². The van der Waals surface area contributed by atoms with Gasteiger partial charge in [-0.3, -0.25) is 14.2 Å². The normalized spacial score (nSPS) is 19.8. The van der Waals surface area contributed by atoms with Crippen LogP contribution in [0.2, 0.25) is 0 Å². The van der Waals surface area contributed by atoms with Crippen molar-refractivity contribution in [1.29, 1.82) is 0 Å². The highest BCUT2D eigenvalue weighted by Crippen LogP contribution is 2.26. The van der Waals surface area contributed by atoms with Crippen molar-refractivity contribution < 1.29 is 18.7 Å². The Labute approximate surface area is 157 Å². The Bertz CT molecular complexity index is 861. The first-order valence-corrected chi connectivity index (χ1v) is 9.45. The van der Waals surface area contributed by atoms with Crippen molar-refractivity contribution in [3.8, 4) is 0 Å². The van der Waals surface area contributed by atoms with Crippen molar-refractivity contribution in [3.63, 3.8) is 0 Å². The fourth-order valence-electron chi connectivity index (χ4n) is 3.58. The van der Waals surface area contributed by atoms with E-state index in [-0.39, 0.29) is 31.5 Å². The number of rotatable bonds is 6. The van der Waals surface area contributed by atoms with E-state index in [0.29, 0.717) is 17.0 Å². The Morgan fingerprint density at radius 3 is 2.67 bits per heavy atom. The summed E-state index contributed by atoms with van der Waals surface area (Å²) in [5.74, 6) is -0.489. The largest absolute Gasteiger partial charge is 0.456 e. The molecule has 0 saturated heterocycles. The lowest BCUT2D eigenvalue weighted by Crippen LogP contribution is -2.41. The van der Waals surface area contributed by atoms with Crippen LogP contribution in [-0.2, 0) is 20.9 Å². The van der Waals surface area contributed by atoms with Gasteiger partial charge in [0, 0.05) is 19.6 Å². The van der Waals surface area contributed by atoms with Crippen LogP contribution in [0.3, 0.4) is 0 Å². The summed E-state index contributed by atoms with van der Waals surface area (Å²) < 4.78 is 11.6. The summed E-state index contributed by atoms with van der Waals surface area (Å²) in [4.78, 5) is 37.9. The number of aromatic nitrogens is 1. The van der Waals surface area contributed by atoms with Crippen molar-refractivity contribution in [1.82, 2.24) is 9.47 Å². The fraction of sp³-hybridized carbons (Fsp3) is 0.550. The second-order valence-electron chi connectivity index (χ2n) is 7.32. The van der Waals surface area contributed by atoms with Crippen molar-refractivity contribution in [2.75, 3.05) is 13.7 Å². The number of fused-ring (bicyclic) bond motifs is 1. The number of amides is 1. The summed E-state index contributed by atoms with van der Waals surface area (Å²) in [6, 6.07) is 7.26. The summed E-state index contributed by atoms with van der Waals surface area (Å²) in [6.45, 7) is 2.12. The van der Waals surface area contributed by atoms with Gasteiger partial charge >= 0.3 is 11.7 Å². The third kappa shape index (κ3) is 4.59. The molecule has 27 heavy (non-hydrogen) atoms. The van der Waals surface area contributed by atoms with Gasteiger partial charge in [0.25, 0.3) is 5.91 Å². The number of para-hydroxylation sites is 2. The molecule has 0 radical (unpaired) electrons. The summed E-state index contributed by atoms with van der Waals surface area (Å²) in [5, 5.41) is 0. The Morgan fingerprint density at radius 1 is 1.22 bits per heavy atom. The van der Waals surface area contributed by atoms with Crippen molar-refractivity contribution >= 4 is 23.0 Å². The molecule has 1 fully saturated rings. The van der Waals surface area contributed by atoms with Crippen LogP contribution in [0.5, 0.6) is 0 Å². The minimum absolute atomic E-state index is 0.00136. The van der Waals surface area contributed by atoms with Gasteiger partial charge in [-0.05, 0) is 43.7 Å². The predicted molar refractivity (Wildman–Crippen MR) is 100 cm³/mol. The second-order valence-corrected chi connectivity index (χ2v) is 7.32. The third-order valence-corrected chi connectivity index (χ3v) is 5.40. The molecule has 1 amide bonds. The van der Waals surface area contributed by atoms with E-state index in [1.54, 1.807) is 36.2 Å². The maximum Gasteiger partial charge on any atom is 0.419 e. The monoisotopic (exact) mass is 374 g/mol. The third-order valence-electron chi connectivity index (χ3n) is 5.40. The van der Waals surface area contributed by atoms with Crippen LogP contribution in [-0.4, -0.2) is 41.0 Å². The van der Waals surface area contributed by atoms with Crippen molar-refractivity contribution in [2.45, 2.75) is 51.6 Å². The van der Waals surface area contributed by atoms with Gasteiger partial charge in [0.1, 0.15) is 0 Å². The van der Waals surface area contributed by atoms with Gasteiger partial charge in [-0.15, -0.1) is 0 Å². The number of ether oxygens (including phenoxy) is 1. The number of esters is 1. The number of aryl methyl sites for hydroxylation is 1. The minimum Gasteiger partial charge on any atom is -0.456 e. The molecule has 0 aliphatic heterocycles. The van der Waals surface area contributed by atoms with Crippen LogP contribution < -0.4 is 5.76 Å². The Hall–Kier alpha value is -2.57. The Balaban J connectivity index is 1.47. The van der Waals surface area contributed by atoms with Crippen LogP contribution in [0, 0.1) is 5.92 Å². The number of oxazole rings is 1. The number of carbonyl (C=O) groups is 2. The smallest absolute Gasteiger partial charge is 0.419 e. The summed E-state index contributed by atoms with van der Waals surface area (Å²) in [6.07, 6.45) is 4.23. The Morgan fingerprint density at radius 2 is 1.93 bits per heavy atom. The van der Waals surface area contributed by atoms with Crippen LogP contribution in [0.15, 0.2) is 33.5 Å². The average Bonchev–Trinajstić information content (AvgIpc) is 2.99. The molecule has 1 aromatic heterocycles. The van der Waals surface area contributed by atoms with Gasteiger partial charge in [-0.25, -0.2) is 4.79 Å². The molecule has 0 unspecified atom stereocenters. The van der Waals surface area contributed by atoms with Crippen molar-refractivity contribution in [3.05, 3.63) is 34.8 Å². The molecular formula is C20H26N2O5. The summed E-state index contributed by atoms with van der Waals surface area (Å²) in [5.41, 5.74) is 1.12. The first-order valence-electron chi connectivity index (χ1n) is 9.45. The molecule has 1 saturated carbocycles. The number of hydrogen-bond acceptors (Lipinski definition) is 5. The molecule has 146 valence electrons. The molecule has 7 heteroatoms. The van der Waals surface area contributed by atoms with E-state index in [0.717, 1.165) is 25.7 Å². The Kier molecular flexibility index (Phi) is 5.98. The van der Waals surface area contributed by atoms with E-state index in [2.05, 4.69) is 6.92 Å². The van der Waals surface area contributed by atoms with E-state index >= 15 is 0 Å². The molecule has 2 aromatic rings. The van der Waals surface area contributed by atoms with E-state index in [1.165, 1.54) is 4.57 Å². The second kappa shape index (κ2) is 8.41. The number of hydrogen-bond donors (Lipinski definition) is 0. The highest BCUT2D eigenvalue weighted by atomic mass is 16.5. The first kappa shape index (κ1) is 19.2. The number of nitrogens with zero attached hydrogens (tertiary/aromatic N) is 2. The quantitative estimate of drug-likeness (QED) is 0.726. The molecule has 7 nitrogen and oxygen atoms in total. The van der Waals surface area contributed by atoms with Crippen LogP contribution in [0.4, 0.5) is 0 Å². The molecule has 1 aromatic carbocycles. The molecule has 1 aliphatic rings. The molecule has 0 atom stereocenters. The van der Waals surface area contributed by atoms with Gasteiger partial charge in [0.05, 0.1) is 11.9 Å². The molecule has 3 rings (SSSR count). The number of benzene rings is 1. The first-order chi connectivity index (χ1) is 13.0. The maximum atomic E-state index is 12.3. The van der Waals surface area contributed by atoms with Gasteiger partial charge in [0.2, 0.25) is 0 Å². The minimum atomic E-state index is -0.508. The topological polar surface area (TPSA) is 81.8 Å². The summed E-state index contributed by atoms with van der Waals surface area (Å²) in [7, 11) is 1.77. The van der Waals surface area contributed by atoms with E-state index in [4.69, 9.17) is 9.15 Å². The standard InChI is InChI=1S/C20H26N2O5/c1-14-7-9-15(10-8-14)21(2)18(23)13-26-19(24)11-12-22-16-5-3-4-6-17(16)27-20(22)25/h3-6,14-15H,7-13H2,1-2H3. The predicted octanol–water partition coefficient (Wildman–Crippen LogP) is 2.56. The van der Waals surface area contributed by atoms with E-state index in [9.17, 15) is 14.4 Å². The maximum absolute atomic E-state index is 12.3. The van der Waals surface area contributed by atoms with E-state index < -0.39 is 11.7 Å². The fourth-order valence-corrected chi connectivity index (χ4v) is 3.58. The molecule has 1 aliphatic carbocycles. The highest BCUT2D eigenvalue weighted by molar-refractivity contribution is 5.80. The lowest BCUT2D eigenvalue weighted by Gasteiger charge is -2.33. The average molecular weight is 374 g/mol. The lowest BCUT2D eigenvalue weighted by molar-refractivity contribution is -0.152. The van der Waals surface area contributed by atoms with Crippen molar-refractivity contribution in [2.24, 2.45) is 5.92 Å². The molecular weight excluding hydrogens is 348 g/mol. The van der Waals surface area contributed by atoms with E-state index in [1.807, 2.05) is 0 Å². The van der Waals surface area contributed by atoms with Gasteiger partial charge < -0.3 is 14.1 Å². The molecule has 1 heterocycles. The molecule has 0 spiro atoms. The number of carbonyl (C=O) groups excluding carboxylic acids is 2. The van der Waals surface area contributed by atoms with Crippen LogP contribution in [0.25, 0.3) is 11.1 Å². The van der Waals surface area contributed by atoms with Crippen LogP contribution in [0.1, 0.15) is 39.0 Å². The van der Waals surface area contributed by atoms with Crippen LogP contribution >= 0.6 is 0 Å². The lowest BCUT2D eigenvalue weighted by atomic mass is 9.87. The molecule has 0 N–H and O–H groups in total. The van der Waals surface area contributed by atoms with Gasteiger partial charge in [-0.2, -0.15) is 0 Å². The number of likely N-dealkylation sites (N-methyl/N-ethyl adjacent to an activating group) is 1. The zero-order valence-corrected chi connectivity index (χ0v) is 15.8. The highest BCUT2D eigenvalue weighted by Gasteiger charge is 2.25. The van der Waals surface area contributed by atoms with Gasteiger partial charge in [0.15, 0.2) is 12.2 Å². The SMILES string of the molecule is CC1CCC(N(C)C(=O)COC(=O)CCn2c(=O)oc3ccccc32)CC1. The summed E-state index contributed by atoms with van der Waals surface area (Å²) >= 11 is 0.